The monoisotopic (exact) mass is 361 g/mol. The molecule has 0 aromatic rings. The van der Waals surface area contributed by atoms with Gasteiger partial charge in [-0.25, -0.2) is 4.79 Å². The van der Waals surface area contributed by atoms with E-state index in [1.54, 1.807) is 6.92 Å². The molecule has 0 aromatic carbocycles. The lowest BCUT2D eigenvalue weighted by Crippen LogP contribution is -2.53. The number of likely N-dealkylation sites (tertiary alicyclic amines) is 1. The highest BCUT2D eigenvalue weighted by Gasteiger charge is 2.30. The molecular weight excluding hydrogens is 334 g/mol. The maximum atomic E-state index is 12.2. The second kappa shape index (κ2) is 9.84. The topological polar surface area (TPSA) is 98.7 Å². The lowest BCUT2D eigenvalue weighted by atomic mass is 9.95. The van der Waals surface area contributed by atoms with Gasteiger partial charge in [-0.2, -0.15) is 0 Å². The van der Waals surface area contributed by atoms with E-state index in [4.69, 9.17) is 5.11 Å². The van der Waals surface area contributed by atoms with Crippen molar-refractivity contribution < 1.29 is 19.5 Å². The smallest absolute Gasteiger partial charge is 0.321 e. The predicted molar refractivity (Wildman–Crippen MR) is 92.2 cm³/mol. The van der Waals surface area contributed by atoms with Crippen LogP contribution in [0.2, 0.25) is 0 Å². The van der Waals surface area contributed by atoms with Crippen LogP contribution in [0.4, 0.5) is 4.79 Å². The van der Waals surface area contributed by atoms with Crippen molar-refractivity contribution in [1.82, 2.24) is 15.5 Å². The van der Waals surface area contributed by atoms with Crippen molar-refractivity contribution in [2.24, 2.45) is 5.92 Å². The Morgan fingerprint density at radius 2 is 1.62 bits per heavy atom. The average Bonchev–Trinajstić information content (AvgIpc) is 2.55. The molecule has 1 atom stereocenters. The van der Waals surface area contributed by atoms with Crippen LogP contribution in [0.3, 0.4) is 0 Å². The number of rotatable bonds is 4. The van der Waals surface area contributed by atoms with E-state index in [-0.39, 0.29) is 30.3 Å². The Kier molecular flexibility index (Phi) is 8.48. The van der Waals surface area contributed by atoms with Gasteiger partial charge in [-0.05, 0) is 45.7 Å². The van der Waals surface area contributed by atoms with E-state index in [1.165, 1.54) is 6.42 Å². The molecule has 2 fully saturated rings. The van der Waals surface area contributed by atoms with Gasteiger partial charge < -0.3 is 10.4 Å². The van der Waals surface area contributed by atoms with Crippen LogP contribution in [0.15, 0.2) is 0 Å². The zero-order chi connectivity index (χ0) is 16.8. The van der Waals surface area contributed by atoms with E-state index in [0.29, 0.717) is 25.9 Å². The second-order valence-corrected chi connectivity index (χ2v) is 6.62. The number of urea groups is 1. The number of amides is 3. The third-order valence-electron chi connectivity index (χ3n) is 4.98. The van der Waals surface area contributed by atoms with Gasteiger partial charge in [0.1, 0.15) is 0 Å². The fourth-order valence-electron chi connectivity index (χ4n) is 3.38. The number of carboxylic acid groups (broad SMARTS) is 1. The molecule has 1 saturated heterocycles. The van der Waals surface area contributed by atoms with E-state index in [0.717, 1.165) is 25.7 Å². The average molecular weight is 362 g/mol. The number of imide groups is 1. The van der Waals surface area contributed by atoms with Crippen molar-refractivity contribution >= 4 is 30.3 Å². The molecule has 8 heteroatoms. The first kappa shape index (κ1) is 20.7. The molecule has 1 aliphatic carbocycles. The van der Waals surface area contributed by atoms with Gasteiger partial charge in [-0.15, -0.1) is 12.4 Å². The second-order valence-electron chi connectivity index (χ2n) is 6.62. The van der Waals surface area contributed by atoms with Crippen molar-refractivity contribution in [1.29, 1.82) is 0 Å². The molecule has 1 heterocycles. The number of nitrogens with one attached hydrogen (secondary N) is 2. The van der Waals surface area contributed by atoms with Crippen LogP contribution in [0, 0.1) is 5.92 Å². The van der Waals surface area contributed by atoms with Crippen molar-refractivity contribution in [2.45, 2.75) is 64.0 Å². The molecule has 3 amide bonds. The zero-order valence-electron chi connectivity index (χ0n) is 14.1. The van der Waals surface area contributed by atoms with Gasteiger partial charge in [0.25, 0.3) is 0 Å². The quantitative estimate of drug-likeness (QED) is 0.708. The van der Waals surface area contributed by atoms with Crippen LogP contribution in [0.1, 0.15) is 51.9 Å². The van der Waals surface area contributed by atoms with Gasteiger partial charge in [-0.1, -0.05) is 19.3 Å². The number of nitrogens with zero attached hydrogens (tertiary/aromatic N) is 1. The Morgan fingerprint density at radius 1 is 1.04 bits per heavy atom. The fraction of sp³-hybridized carbons (Fsp3) is 0.812. The normalized spacial score (nSPS) is 21.4. The van der Waals surface area contributed by atoms with E-state index in [2.05, 4.69) is 10.6 Å². The van der Waals surface area contributed by atoms with Gasteiger partial charge in [0, 0.05) is 6.04 Å². The van der Waals surface area contributed by atoms with Gasteiger partial charge >= 0.3 is 12.0 Å². The Labute approximate surface area is 148 Å². The molecule has 1 unspecified atom stereocenters. The highest BCUT2D eigenvalue weighted by molar-refractivity contribution is 5.96. The minimum atomic E-state index is -0.770. The molecule has 138 valence electrons. The van der Waals surface area contributed by atoms with Crippen molar-refractivity contribution in [2.75, 3.05) is 13.1 Å². The summed E-state index contributed by atoms with van der Waals surface area (Å²) in [5, 5.41) is 14.3. The van der Waals surface area contributed by atoms with E-state index in [1.807, 2.05) is 4.90 Å². The number of hydrogen-bond acceptors (Lipinski definition) is 4. The SMILES string of the molecule is CC(C(=O)NC(=O)NC1CCCCC1)N1CCC(C(=O)O)CC1.Cl. The minimum absolute atomic E-state index is 0. The summed E-state index contributed by atoms with van der Waals surface area (Å²) in [5.41, 5.74) is 0. The molecular formula is C16H28ClN3O4. The molecule has 2 aliphatic rings. The van der Waals surface area contributed by atoms with Crippen molar-refractivity contribution in [3.63, 3.8) is 0 Å². The molecule has 0 aromatic heterocycles. The van der Waals surface area contributed by atoms with Gasteiger partial charge in [0.15, 0.2) is 0 Å². The summed E-state index contributed by atoms with van der Waals surface area (Å²) in [4.78, 5) is 37.0. The highest BCUT2D eigenvalue weighted by Crippen LogP contribution is 2.19. The van der Waals surface area contributed by atoms with Crippen LogP contribution in [-0.4, -0.2) is 53.1 Å². The minimum Gasteiger partial charge on any atom is -0.481 e. The largest absolute Gasteiger partial charge is 0.481 e. The number of aliphatic carboxylic acids is 1. The molecule has 24 heavy (non-hydrogen) atoms. The Hall–Kier alpha value is -1.34. The summed E-state index contributed by atoms with van der Waals surface area (Å²) in [6.07, 6.45) is 6.48. The lowest BCUT2D eigenvalue weighted by molar-refractivity contribution is -0.143. The number of hydrogen-bond donors (Lipinski definition) is 3. The predicted octanol–water partition coefficient (Wildman–Crippen LogP) is 1.75. The summed E-state index contributed by atoms with van der Waals surface area (Å²) < 4.78 is 0. The third kappa shape index (κ3) is 5.94. The fourth-order valence-corrected chi connectivity index (χ4v) is 3.38. The van der Waals surface area contributed by atoms with E-state index in [9.17, 15) is 14.4 Å². The maximum absolute atomic E-state index is 12.2. The van der Waals surface area contributed by atoms with Gasteiger partial charge in [-0.3, -0.25) is 19.8 Å². The Balaban J connectivity index is 0.00000288. The molecule has 1 aliphatic heterocycles. The first-order valence-electron chi connectivity index (χ1n) is 8.55. The number of halogens is 1. The van der Waals surface area contributed by atoms with E-state index >= 15 is 0 Å². The highest BCUT2D eigenvalue weighted by atomic mass is 35.5. The summed E-state index contributed by atoms with van der Waals surface area (Å²) in [7, 11) is 0. The molecule has 0 bridgehead atoms. The molecule has 3 N–H and O–H groups in total. The standard InChI is InChI=1S/C16H27N3O4.ClH/c1-11(19-9-7-12(8-10-19)15(21)22)14(20)18-16(23)17-13-5-3-2-4-6-13;/h11-13H,2-10H2,1H3,(H,21,22)(H2,17,18,20,23);1H. The summed E-state index contributed by atoms with van der Waals surface area (Å²) in [6.45, 7) is 2.88. The number of carboxylic acids is 1. The maximum Gasteiger partial charge on any atom is 0.321 e. The van der Waals surface area contributed by atoms with Crippen LogP contribution < -0.4 is 10.6 Å². The van der Waals surface area contributed by atoms with Gasteiger partial charge in [0.2, 0.25) is 5.91 Å². The van der Waals surface area contributed by atoms with Crippen LogP contribution in [0.25, 0.3) is 0 Å². The van der Waals surface area contributed by atoms with Crippen molar-refractivity contribution in [3.8, 4) is 0 Å². The Morgan fingerprint density at radius 3 is 2.17 bits per heavy atom. The molecule has 0 spiro atoms. The first-order chi connectivity index (χ1) is 11.0. The van der Waals surface area contributed by atoms with Crippen molar-refractivity contribution in [3.05, 3.63) is 0 Å². The number of piperidine rings is 1. The third-order valence-corrected chi connectivity index (χ3v) is 4.98. The van der Waals surface area contributed by atoms with E-state index < -0.39 is 18.0 Å². The Bertz CT molecular complexity index is 447. The lowest BCUT2D eigenvalue weighted by Gasteiger charge is -2.33. The molecule has 7 nitrogen and oxygen atoms in total. The first-order valence-corrected chi connectivity index (χ1v) is 8.55. The summed E-state index contributed by atoms with van der Waals surface area (Å²) in [6, 6.07) is -0.686. The van der Waals surface area contributed by atoms with Crippen LogP contribution in [0.5, 0.6) is 0 Å². The number of carbonyl (C=O) groups excluding carboxylic acids is 2. The molecule has 1 saturated carbocycles. The summed E-state index contributed by atoms with van der Waals surface area (Å²) in [5.74, 6) is -1.42. The molecule has 0 radical (unpaired) electrons. The number of carbonyl (C=O) groups is 3. The van der Waals surface area contributed by atoms with Gasteiger partial charge in [0.05, 0.1) is 12.0 Å². The molecule has 2 rings (SSSR count). The van der Waals surface area contributed by atoms with Crippen LogP contribution >= 0.6 is 12.4 Å². The summed E-state index contributed by atoms with van der Waals surface area (Å²) >= 11 is 0. The van der Waals surface area contributed by atoms with Crippen LogP contribution in [-0.2, 0) is 9.59 Å². The zero-order valence-corrected chi connectivity index (χ0v) is 14.9.